The summed E-state index contributed by atoms with van der Waals surface area (Å²) < 4.78 is 27.1. The molecular weight excluding hydrogens is 293 g/mol. The van der Waals surface area contributed by atoms with Gasteiger partial charge in [-0.3, -0.25) is 4.57 Å². The van der Waals surface area contributed by atoms with Crippen LogP contribution in [0, 0.1) is 5.41 Å². The van der Waals surface area contributed by atoms with Crippen molar-refractivity contribution in [3.63, 3.8) is 0 Å². The number of nitrogens with zero attached hydrogens (tertiary/aromatic N) is 1. The zero-order valence-corrected chi connectivity index (χ0v) is 15.1. The molecule has 0 aromatic heterocycles. The Kier molecular flexibility index (Phi) is 8.14. The fraction of sp³-hybridized carbons (Fsp3) is 0.857. The summed E-state index contributed by atoms with van der Waals surface area (Å²) in [6, 6.07) is 0. The normalized spacial score (nSPS) is 15.6. The van der Waals surface area contributed by atoms with Gasteiger partial charge < -0.3 is 23.2 Å². The number of likely N-dealkylation sites (N-methyl/N-ethyl adjacent to an activating group) is 1. The second-order valence-electron chi connectivity index (χ2n) is 6.64. The van der Waals surface area contributed by atoms with Crippen LogP contribution in [0.3, 0.4) is 0 Å². The molecule has 21 heavy (non-hydrogen) atoms. The summed E-state index contributed by atoms with van der Waals surface area (Å²) >= 11 is 0. The first-order chi connectivity index (χ1) is 9.40. The van der Waals surface area contributed by atoms with Crippen molar-refractivity contribution >= 4 is 7.82 Å². The summed E-state index contributed by atoms with van der Waals surface area (Å²) in [5.41, 5.74) is -0.137. The third-order valence-corrected chi connectivity index (χ3v) is 4.26. The van der Waals surface area contributed by atoms with Gasteiger partial charge in [0, 0.05) is 5.41 Å². The van der Waals surface area contributed by atoms with Crippen LogP contribution in [-0.2, 0) is 18.3 Å². The zero-order chi connectivity index (χ0) is 16.7. The molecule has 126 valence electrons. The van der Waals surface area contributed by atoms with Crippen LogP contribution < -0.4 is 4.89 Å². The van der Waals surface area contributed by atoms with Crippen molar-refractivity contribution in [3.8, 4) is 0 Å². The first-order valence-electron chi connectivity index (χ1n) is 7.12. The molecule has 0 aliphatic heterocycles. The quantitative estimate of drug-likeness (QED) is 0.252. The minimum absolute atomic E-state index is 0.0794. The van der Waals surface area contributed by atoms with Gasteiger partial charge in [-0.15, -0.1) is 0 Å². The Bertz CT molecular complexity index is 376. The molecule has 0 fully saturated rings. The number of hydrogen-bond donors (Lipinski definition) is 0. The highest BCUT2D eigenvalue weighted by molar-refractivity contribution is 7.45. The zero-order valence-electron chi connectivity index (χ0n) is 14.2. The molecule has 0 heterocycles. The Morgan fingerprint density at radius 3 is 2.19 bits per heavy atom. The summed E-state index contributed by atoms with van der Waals surface area (Å²) in [5, 5.41) is 0. The maximum Gasteiger partial charge on any atom is 0.268 e. The van der Waals surface area contributed by atoms with Gasteiger partial charge in [-0.1, -0.05) is 27.4 Å². The van der Waals surface area contributed by atoms with Gasteiger partial charge >= 0.3 is 0 Å². The third-order valence-electron chi connectivity index (χ3n) is 3.26. The van der Waals surface area contributed by atoms with Crippen molar-refractivity contribution in [1.82, 2.24) is 0 Å². The van der Waals surface area contributed by atoms with Crippen molar-refractivity contribution < 1.29 is 27.7 Å². The van der Waals surface area contributed by atoms with Crippen LogP contribution in [0.25, 0.3) is 0 Å². The standard InChI is InChI=1S/C14H30NO5P/c1-8-14(3,4)13(2)18-11-12-20-21(16,17)19-10-9-15(5,6)7/h2,8-12H2,1,3-7H3. The Morgan fingerprint density at radius 2 is 1.71 bits per heavy atom. The Labute approximate surface area is 128 Å². The molecule has 0 saturated heterocycles. The lowest BCUT2D eigenvalue weighted by atomic mass is 9.88. The summed E-state index contributed by atoms with van der Waals surface area (Å²) in [6.07, 6.45) is 0.890. The molecule has 1 unspecified atom stereocenters. The predicted molar refractivity (Wildman–Crippen MR) is 81.6 cm³/mol. The van der Waals surface area contributed by atoms with Crippen molar-refractivity contribution in [2.75, 3.05) is 47.5 Å². The van der Waals surface area contributed by atoms with Gasteiger partial charge in [0.05, 0.1) is 33.5 Å². The minimum atomic E-state index is -4.26. The summed E-state index contributed by atoms with van der Waals surface area (Å²) in [5.74, 6) is 0.625. The highest BCUT2D eigenvalue weighted by atomic mass is 31.2. The highest BCUT2D eigenvalue weighted by Gasteiger charge is 2.21. The minimum Gasteiger partial charge on any atom is -0.756 e. The number of phosphoric acid groups is 1. The van der Waals surface area contributed by atoms with Gasteiger partial charge in [0.2, 0.25) is 0 Å². The van der Waals surface area contributed by atoms with E-state index >= 15 is 0 Å². The smallest absolute Gasteiger partial charge is 0.268 e. The van der Waals surface area contributed by atoms with Gasteiger partial charge in [-0.25, -0.2) is 0 Å². The van der Waals surface area contributed by atoms with Gasteiger partial charge in [0.25, 0.3) is 7.82 Å². The summed E-state index contributed by atoms with van der Waals surface area (Å²) in [4.78, 5) is 11.5. The largest absolute Gasteiger partial charge is 0.756 e. The van der Waals surface area contributed by atoms with Crippen LogP contribution in [0.15, 0.2) is 12.3 Å². The van der Waals surface area contributed by atoms with Crippen molar-refractivity contribution in [3.05, 3.63) is 12.3 Å². The number of quaternary nitrogens is 1. The van der Waals surface area contributed by atoms with Crippen molar-refractivity contribution in [2.45, 2.75) is 27.2 Å². The van der Waals surface area contributed by atoms with Crippen LogP contribution in [0.4, 0.5) is 0 Å². The van der Waals surface area contributed by atoms with Crippen LogP contribution in [-0.4, -0.2) is 52.0 Å². The van der Waals surface area contributed by atoms with Crippen LogP contribution in [0.2, 0.25) is 0 Å². The lowest BCUT2D eigenvalue weighted by Gasteiger charge is -2.28. The topological polar surface area (TPSA) is 67.8 Å². The van der Waals surface area contributed by atoms with Crippen LogP contribution in [0.1, 0.15) is 27.2 Å². The molecule has 0 radical (unpaired) electrons. The molecule has 1 atom stereocenters. The number of rotatable bonds is 11. The molecule has 0 aliphatic rings. The Balaban J connectivity index is 3.95. The first-order valence-corrected chi connectivity index (χ1v) is 8.58. The van der Waals surface area contributed by atoms with Crippen LogP contribution >= 0.6 is 7.82 Å². The number of phosphoric ester groups is 1. The lowest BCUT2D eigenvalue weighted by molar-refractivity contribution is -0.870. The molecular formula is C14H30NO5P. The highest BCUT2D eigenvalue weighted by Crippen LogP contribution is 2.38. The van der Waals surface area contributed by atoms with Gasteiger partial charge in [0.15, 0.2) is 0 Å². The first kappa shape index (κ1) is 20.6. The van der Waals surface area contributed by atoms with E-state index in [9.17, 15) is 9.46 Å². The average Bonchev–Trinajstić information content (AvgIpc) is 2.32. The van der Waals surface area contributed by atoms with Gasteiger partial charge in [-0.05, 0) is 6.42 Å². The number of hydrogen-bond acceptors (Lipinski definition) is 5. The van der Waals surface area contributed by atoms with E-state index in [1.807, 2.05) is 41.9 Å². The van der Waals surface area contributed by atoms with Gasteiger partial charge in [0.1, 0.15) is 19.8 Å². The predicted octanol–water partition coefficient (Wildman–Crippen LogP) is 2.16. The molecule has 0 aliphatic carbocycles. The fourth-order valence-corrected chi connectivity index (χ4v) is 1.85. The second kappa shape index (κ2) is 8.30. The van der Waals surface area contributed by atoms with E-state index in [0.29, 0.717) is 16.8 Å². The monoisotopic (exact) mass is 323 g/mol. The summed E-state index contributed by atoms with van der Waals surface area (Å²) in [6.45, 7) is 10.7. The van der Waals surface area contributed by atoms with Crippen molar-refractivity contribution in [1.29, 1.82) is 0 Å². The molecule has 0 N–H and O–H groups in total. The third kappa shape index (κ3) is 10.0. The Morgan fingerprint density at radius 1 is 1.19 bits per heavy atom. The molecule has 0 spiro atoms. The number of allylic oxidation sites excluding steroid dienone is 1. The van der Waals surface area contributed by atoms with E-state index in [2.05, 4.69) is 6.58 Å². The van der Waals surface area contributed by atoms with E-state index in [1.165, 1.54) is 0 Å². The van der Waals surface area contributed by atoms with E-state index in [4.69, 9.17) is 13.8 Å². The van der Waals surface area contributed by atoms with E-state index in [1.54, 1.807) is 0 Å². The van der Waals surface area contributed by atoms with Crippen molar-refractivity contribution in [2.24, 2.45) is 5.41 Å². The Hall–Kier alpha value is -0.390. The van der Waals surface area contributed by atoms with Crippen LogP contribution in [0.5, 0.6) is 0 Å². The van der Waals surface area contributed by atoms with Gasteiger partial charge in [-0.2, -0.15) is 0 Å². The fourth-order valence-electron chi connectivity index (χ4n) is 1.17. The molecule has 6 nitrogen and oxygen atoms in total. The maximum absolute atomic E-state index is 11.5. The van der Waals surface area contributed by atoms with E-state index < -0.39 is 7.82 Å². The summed E-state index contributed by atoms with van der Waals surface area (Å²) in [7, 11) is 1.60. The lowest BCUT2D eigenvalue weighted by Crippen LogP contribution is -2.37. The molecule has 0 saturated carbocycles. The molecule has 0 bridgehead atoms. The second-order valence-corrected chi connectivity index (χ2v) is 8.05. The molecule has 0 amide bonds. The van der Waals surface area contributed by atoms with E-state index in [0.717, 1.165) is 6.42 Å². The number of ether oxygens (including phenoxy) is 1. The maximum atomic E-state index is 11.5. The molecule has 7 heteroatoms. The molecule has 0 aromatic rings. The SMILES string of the molecule is C=C(OCCOP(=O)([O-])OCC[N+](C)(C)C)C(C)(C)CC. The van der Waals surface area contributed by atoms with E-state index in [-0.39, 0.29) is 25.2 Å². The molecule has 0 rings (SSSR count). The average molecular weight is 323 g/mol. The molecule has 0 aromatic carbocycles.